The molecule has 5 rings (SSSR count). The van der Waals surface area contributed by atoms with Crippen molar-refractivity contribution in [3.63, 3.8) is 0 Å². The average Bonchev–Trinajstić information content (AvgIpc) is 3.49. The van der Waals surface area contributed by atoms with E-state index in [-0.39, 0.29) is 0 Å². The van der Waals surface area contributed by atoms with Crippen LogP contribution in [0.3, 0.4) is 0 Å². The normalized spacial score (nSPS) is 25.1. The van der Waals surface area contributed by atoms with Crippen LogP contribution in [0.2, 0.25) is 0 Å². The predicted molar refractivity (Wildman–Crippen MR) is 124 cm³/mol. The van der Waals surface area contributed by atoms with E-state index in [4.69, 9.17) is 5.11 Å². The molecule has 0 aromatic heterocycles. The van der Waals surface area contributed by atoms with E-state index >= 15 is 0 Å². The van der Waals surface area contributed by atoms with Gasteiger partial charge in [-0.25, -0.2) is 4.79 Å². The number of aromatic carboxylic acids is 1. The molecule has 0 bridgehead atoms. The number of likely N-dealkylation sites (tertiary alicyclic amines) is 1. The van der Waals surface area contributed by atoms with Gasteiger partial charge in [-0.3, -0.25) is 4.90 Å². The number of hydrogen-bond acceptors (Lipinski definition) is 3. The molecule has 2 aromatic rings. The Morgan fingerprint density at radius 3 is 2.48 bits per heavy atom. The van der Waals surface area contributed by atoms with Crippen molar-refractivity contribution < 1.29 is 9.90 Å². The van der Waals surface area contributed by atoms with Crippen LogP contribution in [-0.4, -0.2) is 41.1 Å². The van der Waals surface area contributed by atoms with E-state index in [9.17, 15) is 4.79 Å². The van der Waals surface area contributed by atoms with Gasteiger partial charge in [-0.1, -0.05) is 61.0 Å². The molecular formula is C27H32N2O2. The SMILES string of the molecule is CCC(=Cc1ccccc1)C1C[C@@H]1NC1CC2(C1)CN(Cc1ccc(C(=O)O)cc1)C2. The Morgan fingerprint density at radius 2 is 1.84 bits per heavy atom. The Morgan fingerprint density at radius 1 is 1.13 bits per heavy atom. The summed E-state index contributed by atoms with van der Waals surface area (Å²) in [6.45, 7) is 5.55. The lowest BCUT2D eigenvalue weighted by atomic mass is 9.60. The molecule has 3 fully saturated rings. The summed E-state index contributed by atoms with van der Waals surface area (Å²) in [5, 5.41) is 13.0. The fraction of sp³-hybridized carbons (Fsp3) is 0.444. The highest BCUT2D eigenvalue weighted by molar-refractivity contribution is 5.87. The highest BCUT2D eigenvalue weighted by atomic mass is 16.4. The van der Waals surface area contributed by atoms with E-state index in [1.54, 1.807) is 17.7 Å². The van der Waals surface area contributed by atoms with Gasteiger partial charge in [-0.15, -0.1) is 0 Å². The van der Waals surface area contributed by atoms with E-state index in [1.807, 2.05) is 12.1 Å². The molecule has 1 aliphatic heterocycles. The monoisotopic (exact) mass is 416 g/mol. The van der Waals surface area contributed by atoms with Crippen molar-refractivity contribution >= 4 is 12.0 Å². The fourth-order valence-electron chi connectivity index (χ4n) is 5.71. The van der Waals surface area contributed by atoms with Crippen LogP contribution in [0.1, 0.15) is 54.1 Å². The van der Waals surface area contributed by atoms with Gasteiger partial charge in [0.25, 0.3) is 0 Å². The van der Waals surface area contributed by atoms with Gasteiger partial charge >= 0.3 is 5.97 Å². The number of nitrogens with one attached hydrogen (secondary N) is 1. The van der Waals surface area contributed by atoms with Crippen molar-refractivity contribution in [1.82, 2.24) is 10.2 Å². The minimum absolute atomic E-state index is 0.361. The second kappa shape index (κ2) is 8.25. The summed E-state index contributed by atoms with van der Waals surface area (Å²) in [6, 6.07) is 19.3. The van der Waals surface area contributed by atoms with E-state index in [1.165, 1.54) is 43.5 Å². The Hall–Kier alpha value is -2.43. The second-order valence-electron chi connectivity index (χ2n) is 9.85. The minimum Gasteiger partial charge on any atom is -0.478 e. The van der Waals surface area contributed by atoms with Crippen molar-refractivity contribution in [3.8, 4) is 0 Å². The van der Waals surface area contributed by atoms with Crippen LogP contribution in [0, 0.1) is 11.3 Å². The Kier molecular flexibility index (Phi) is 5.45. The molecule has 1 unspecified atom stereocenters. The van der Waals surface area contributed by atoms with Gasteiger partial charge in [0.2, 0.25) is 0 Å². The summed E-state index contributed by atoms with van der Waals surface area (Å²) < 4.78 is 0. The molecule has 1 spiro atoms. The van der Waals surface area contributed by atoms with Crippen molar-refractivity contribution in [2.45, 2.75) is 51.2 Å². The second-order valence-corrected chi connectivity index (χ2v) is 9.85. The van der Waals surface area contributed by atoms with Gasteiger partial charge in [-0.2, -0.15) is 0 Å². The van der Waals surface area contributed by atoms with Crippen molar-refractivity contribution in [1.29, 1.82) is 0 Å². The number of benzene rings is 2. The summed E-state index contributed by atoms with van der Waals surface area (Å²) in [5.74, 6) is -0.143. The number of carboxylic acids is 1. The molecule has 2 atom stereocenters. The lowest BCUT2D eigenvalue weighted by molar-refractivity contribution is -0.0834. The van der Waals surface area contributed by atoms with E-state index in [2.05, 4.69) is 53.5 Å². The van der Waals surface area contributed by atoms with Gasteiger partial charge < -0.3 is 10.4 Å². The molecule has 4 nitrogen and oxygen atoms in total. The topological polar surface area (TPSA) is 52.6 Å². The summed E-state index contributed by atoms with van der Waals surface area (Å²) in [5.41, 5.74) is 4.99. The molecule has 4 heteroatoms. The van der Waals surface area contributed by atoms with Crippen LogP contribution in [-0.2, 0) is 6.54 Å². The van der Waals surface area contributed by atoms with Gasteiger partial charge in [0.15, 0.2) is 0 Å². The highest BCUT2D eigenvalue weighted by Gasteiger charge is 2.53. The first-order valence-electron chi connectivity index (χ1n) is 11.6. The lowest BCUT2D eigenvalue weighted by Gasteiger charge is -2.59. The molecule has 2 N–H and O–H groups in total. The molecule has 162 valence electrons. The molecule has 2 saturated carbocycles. The molecular weight excluding hydrogens is 384 g/mol. The van der Waals surface area contributed by atoms with Crippen LogP contribution < -0.4 is 5.32 Å². The smallest absolute Gasteiger partial charge is 0.335 e. The zero-order valence-electron chi connectivity index (χ0n) is 18.3. The zero-order valence-corrected chi connectivity index (χ0v) is 18.3. The molecule has 0 radical (unpaired) electrons. The van der Waals surface area contributed by atoms with Gasteiger partial charge in [0.05, 0.1) is 5.56 Å². The van der Waals surface area contributed by atoms with Gasteiger partial charge in [0.1, 0.15) is 0 Å². The Labute approximate surface area is 185 Å². The summed E-state index contributed by atoms with van der Waals surface area (Å²) in [7, 11) is 0. The first kappa shape index (κ1) is 20.5. The van der Waals surface area contributed by atoms with Crippen LogP contribution >= 0.6 is 0 Å². The van der Waals surface area contributed by atoms with Crippen molar-refractivity contribution in [3.05, 3.63) is 76.9 Å². The van der Waals surface area contributed by atoms with Gasteiger partial charge in [-0.05, 0) is 60.3 Å². The van der Waals surface area contributed by atoms with E-state index in [0.717, 1.165) is 13.0 Å². The largest absolute Gasteiger partial charge is 0.478 e. The van der Waals surface area contributed by atoms with Crippen molar-refractivity contribution in [2.75, 3.05) is 13.1 Å². The maximum atomic E-state index is 11.0. The van der Waals surface area contributed by atoms with Crippen LogP contribution in [0.4, 0.5) is 0 Å². The molecule has 31 heavy (non-hydrogen) atoms. The van der Waals surface area contributed by atoms with Crippen LogP contribution in [0.15, 0.2) is 60.2 Å². The van der Waals surface area contributed by atoms with Crippen LogP contribution in [0.25, 0.3) is 6.08 Å². The third-order valence-electron chi connectivity index (χ3n) is 7.36. The third kappa shape index (κ3) is 4.46. The third-order valence-corrected chi connectivity index (χ3v) is 7.36. The predicted octanol–water partition coefficient (Wildman–Crippen LogP) is 4.82. The number of carbonyl (C=O) groups is 1. The quantitative estimate of drug-likeness (QED) is 0.648. The van der Waals surface area contributed by atoms with Crippen molar-refractivity contribution in [2.24, 2.45) is 11.3 Å². The highest BCUT2D eigenvalue weighted by Crippen LogP contribution is 2.50. The lowest BCUT2D eigenvalue weighted by Crippen LogP contribution is -2.65. The molecule has 2 aromatic carbocycles. The molecule has 0 amide bonds. The Balaban J connectivity index is 1.05. The van der Waals surface area contributed by atoms with Gasteiger partial charge in [0, 0.05) is 31.7 Å². The maximum absolute atomic E-state index is 11.0. The number of rotatable bonds is 8. The molecule has 3 aliphatic rings. The average molecular weight is 417 g/mol. The minimum atomic E-state index is -0.859. The molecule has 1 heterocycles. The zero-order chi connectivity index (χ0) is 21.4. The summed E-state index contributed by atoms with van der Waals surface area (Å²) in [6.07, 6.45) is 7.41. The van der Waals surface area contributed by atoms with E-state index < -0.39 is 5.97 Å². The molecule has 1 saturated heterocycles. The maximum Gasteiger partial charge on any atom is 0.335 e. The first-order valence-corrected chi connectivity index (χ1v) is 11.6. The number of nitrogens with zero attached hydrogens (tertiary/aromatic N) is 1. The standard InChI is InChI=1S/C27H32N2O2/c1-2-21(12-19-6-4-3-5-7-19)24-13-25(24)28-23-14-27(15-23)17-29(18-27)16-20-8-10-22(11-9-20)26(30)31/h3-12,23-25,28H,2,13-18H2,1H3,(H,30,31)/t24?,25-/m0/s1. The molecule has 2 aliphatic carbocycles. The fourth-order valence-corrected chi connectivity index (χ4v) is 5.71. The number of carboxylic acid groups (broad SMARTS) is 1. The van der Waals surface area contributed by atoms with E-state index in [0.29, 0.717) is 29.0 Å². The number of hydrogen-bond donors (Lipinski definition) is 2. The Bertz CT molecular complexity index is 952. The summed E-state index contributed by atoms with van der Waals surface area (Å²) in [4.78, 5) is 13.5. The summed E-state index contributed by atoms with van der Waals surface area (Å²) >= 11 is 0. The van der Waals surface area contributed by atoms with Crippen LogP contribution in [0.5, 0.6) is 0 Å². The first-order chi connectivity index (χ1) is 15.0.